The highest BCUT2D eigenvalue weighted by Crippen LogP contribution is 2.68. The van der Waals surface area contributed by atoms with Crippen LogP contribution in [0.4, 0.5) is 43.9 Å². The number of aromatic nitrogens is 1. The van der Waals surface area contributed by atoms with Crippen LogP contribution in [0.3, 0.4) is 0 Å². The third-order valence-electron chi connectivity index (χ3n) is 4.30. The summed E-state index contributed by atoms with van der Waals surface area (Å²) in [5, 5.41) is 0. The Morgan fingerprint density at radius 1 is 0.846 bits per heavy atom. The Labute approximate surface area is 137 Å². The third kappa shape index (κ3) is 1.87. The summed E-state index contributed by atoms with van der Waals surface area (Å²) in [5.74, 6) is -31.4. The summed E-state index contributed by atoms with van der Waals surface area (Å²) in [6.45, 7) is -3.46. The summed E-state index contributed by atoms with van der Waals surface area (Å²) in [7, 11) is 0. The van der Waals surface area contributed by atoms with Crippen LogP contribution in [-0.2, 0) is 0 Å². The standard InChI is InChI=1S/C14H7F10NO/c15-5-10(16)13(21,22)11(17,18)8(12(19,20)14(10,23)24)9-25-6-3-1-2-4-7(6)26-9/h1-4,8H,5H2. The van der Waals surface area contributed by atoms with Crippen LogP contribution in [-0.4, -0.2) is 41.0 Å². The molecule has 0 spiro atoms. The Hall–Kier alpha value is -2.01. The van der Waals surface area contributed by atoms with Crippen molar-refractivity contribution in [3.05, 3.63) is 30.2 Å². The van der Waals surface area contributed by atoms with Gasteiger partial charge in [0.15, 0.2) is 11.5 Å². The lowest BCUT2D eigenvalue weighted by atomic mass is 9.69. The van der Waals surface area contributed by atoms with Crippen LogP contribution in [0.25, 0.3) is 11.1 Å². The molecule has 1 fully saturated rings. The van der Waals surface area contributed by atoms with E-state index in [1.807, 2.05) is 0 Å². The molecule has 0 bridgehead atoms. The Bertz CT molecular complexity index is 784. The molecule has 1 aliphatic carbocycles. The first-order valence-corrected chi connectivity index (χ1v) is 6.87. The molecule has 0 N–H and O–H groups in total. The number of nitrogens with zero attached hydrogens (tertiary/aromatic N) is 1. The predicted octanol–water partition coefficient (Wildman–Crippen LogP) is 5.14. The molecule has 1 aromatic carbocycles. The van der Waals surface area contributed by atoms with Crippen molar-refractivity contribution in [1.29, 1.82) is 0 Å². The first-order chi connectivity index (χ1) is 11.8. The fourth-order valence-corrected chi connectivity index (χ4v) is 2.81. The maximum atomic E-state index is 14.1. The van der Waals surface area contributed by atoms with Gasteiger partial charge in [-0.05, 0) is 12.1 Å². The van der Waals surface area contributed by atoms with Crippen molar-refractivity contribution < 1.29 is 48.3 Å². The minimum Gasteiger partial charge on any atom is -0.440 e. The Kier molecular flexibility index (Phi) is 3.63. The topological polar surface area (TPSA) is 26.0 Å². The number of fused-ring (bicyclic) bond motifs is 1. The molecule has 1 heterocycles. The number of rotatable bonds is 2. The fourth-order valence-electron chi connectivity index (χ4n) is 2.81. The highest BCUT2D eigenvalue weighted by molar-refractivity contribution is 5.72. The molecule has 0 amide bonds. The molecule has 2 aromatic rings. The van der Waals surface area contributed by atoms with Gasteiger partial charge in [-0.2, -0.15) is 35.1 Å². The third-order valence-corrected chi connectivity index (χ3v) is 4.30. The van der Waals surface area contributed by atoms with E-state index in [1.54, 1.807) is 0 Å². The molecule has 0 radical (unpaired) electrons. The zero-order valence-corrected chi connectivity index (χ0v) is 12.2. The van der Waals surface area contributed by atoms with Gasteiger partial charge in [-0.1, -0.05) is 12.1 Å². The summed E-state index contributed by atoms with van der Waals surface area (Å²) >= 11 is 0. The fraction of sp³-hybridized carbons (Fsp3) is 0.500. The minimum absolute atomic E-state index is 0.358. The first-order valence-electron chi connectivity index (χ1n) is 6.87. The van der Waals surface area contributed by atoms with Crippen molar-refractivity contribution in [2.45, 2.75) is 35.3 Å². The van der Waals surface area contributed by atoms with Gasteiger partial charge in [0.2, 0.25) is 5.89 Å². The maximum Gasteiger partial charge on any atom is 0.353 e. The molecule has 12 heteroatoms. The molecule has 1 aliphatic rings. The minimum atomic E-state index is -6.48. The lowest BCUT2D eigenvalue weighted by molar-refractivity contribution is -0.423. The van der Waals surface area contributed by atoms with Gasteiger partial charge < -0.3 is 4.42 Å². The van der Waals surface area contributed by atoms with Crippen LogP contribution < -0.4 is 0 Å². The van der Waals surface area contributed by atoms with Gasteiger partial charge in [-0.15, -0.1) is 0 Å². The number of para-hydroxylation sites is 2. The Balaban J connectivity index is 2.30. The number of hydrogen-bond acceptors (Lipinski definition) is 2. The summed E-state index contributed by atoms with van der Waals surface area (Å²) in [4.78, 5) is 3.12. The molecule has 0 saturated heterocycles. The van der Waals surface area contributed by atoms with Gasteiger partial charge in [0.1, 0.15) is 12.2 Å². The second-order valence-electron chi connectivity index (χ2n) is 5.78. The number of oxazole rings is 1. The van der Waals surface area contributed by atoms with E-state index < -0.39 is 53.4 Å². The van der Waals surface area contributed by atoms with E-state index in [4.69, 9.17) is 0 Å². The molecule has 26 heavy (non-hydrogen) atoms. The molecular weight excluding hydrogens is 388 g/mol. The van der Waals surface area contributed by atoms with Crippen LogP contribution in [0.2, 0.25) is 0 Å². The summed E-state index contributed by atoms with van der Waals surface area (Å²) in [6, 6.07) is 4.58. The SMILES string of the molecule is FCC1(F)C(F)(F)C(F)(F)C(c2nc3ccccc3o2)C(F)(F)C1(F)F. The van der Waals surface area contributed by atoms with Gasteiger partial charge in [0, 0.05) is 0 Å². The molecule has 0 atom stereocenters. The lowest BCUT2D eigenvalue weighted by Crippen LogP contribution is -2.79. The average molecular weight is 395 g/mol. The van der Waals surface area contributed by atoms with E-state index >= 15 is 0 Å². The summed E-state index contributed by atoms with van der Waals surface area (Å²) in [5.41, 5.74) is -6.91. The maximum absolute atomic E-state index is 14.1. The van der Waals surface area contributed by atoms with Crippen molar-refractivity contribution in [3.8, 4) is 0 Å². The molecule has 1 saturated carbocycles. The van der Waals surface area contributed by atoms with E-state index in [-0.39, 0.29) is 5.52 Å². The van der Waals surface area contributed by atoms with E-state index in [0.717, 1.165) is 12.1 Å². The number of benzene rings is 1. The van der Waals surface area contributed by atoms with Crippen LogP contribution in [0.1, 0.15) is 11.8 Å². The monoisotopic (exact) mass is 395 g/mol. The first kappa shape index (κ1) is 18.8. The lowest BCUT2D eigenvalue weighted by Gasteiger charge is -2.51. The van der Waals surface area contributed by atoms with Gasteiger partial charge >= 0.3 is 23.7 Å². The normalized spacial score (nSPS) is 31.8. The Morgan fingerprint density at radius 2 is 1.35 bits per heavy atom. The number of halogens is 10. The highest BCUT2D eigenvalue weighted by Gasteiger charge is 2.94. The molecule has 144 valence electrons. The van der Waals surface area contributed by atoms with E-state index in [2.05, 4.69) is 9.40 Å². The highest BCUT2D eigenvalue weighted by atomic mass is 19.3. The van der Waals surface area contributed by atoms with Gasteiger partial charge in [-0.3, -0.25) is 0 Å². The largest absolute Gasteiger partial charge is 0.440 e. The average Bonchev–Trinajstić information content (AvgIpc) is 2.94. The van der Waals surface area contributed by atoms with Crippen molar-refractivity contribution in [3.63, 3.8) is 0 Å². The van der Waals surface area contributed by atoms with E-state index in [9.17, 15) is 43.9 Å². The zero-order chi connectivity index (χ0) is 19.8. The molecule has 1 aromatic heterocycles. The van der Waals surface area contributed by atoms with Crippen LogP contribution in [0.5, 0.6) is 0 Å². The van der Waals surface area contributed by atoms with Crippen molar-refractivity contribution in [1.82, 2.24) is 4.98 Å². The molecular formula is C14H7F10NO. The van der Waals surface area contributed by atoms with Gasteiger partial charge in [-0.25, -0.2) is 13.8 Å². The quantitative estimate of drug-likeness (QED) is 0.658. The van der Waals surface area contributed by atoms with Gasteiger partial charge in [0.05, 0.1) is 0 Å². The smallest absolute Gasteiger partial charge is 0.353 e. The number of alkyl halides is 10. The summed E-state index contributed by atoms with van der Waals surface area (Å²) in [6.07, 6.45) is 0. The van der Waals surface area contributed by atoms with Gasteiger partial charge in [0.25, 0.3) is 5.67 Å². The van der Waals surface area contributed by atoms with Crippen molar-refractivity contribution in [2.24, 2.45) is 0 Å². The molecule has 0 aliphatic heterocycles. The van der Waals surface area contributed by atoms with Crippen molar-refractivity contribution in [2.75, 3.05) is 6.67 Å². The second kappa shape index (κ2) is 5.03. The van der Waals surface area contributed by atoms with E-state index in [0.29, 0.717) is 0 Å². The van der Waals surface area contributed by atoms with Crippen LogP contribution in [0.15, 0.2) is 28.7 Å². The van der Waals surface area contributed by atoms with Crippen LogP contribution in [0, 0.1) is 0 Å². The van der Waals surface area contributed by atoms with Crippen LogP contribution >= 0.6 is 0 Å². The second-order valence-corrected chi connectivity index (χ2v) is 5.78. The Morgan fingerprint density at radius 3 is 1.81 bits per heavy atom. The van der Waals surface area contributed by atoms with Crippen molar-refractivity contribution >= 4 is 11.1 Å². The molecule has 2 nitrogen and oxygen atoms in total. The molecule has 3 rings (SSSR count). The predicted molar refractivity (Wildman–Crippen MR) is 66.4 cm³/mol. The summed E-state index contributed by atoms with van der Waals surface area (Å²) < 4.78 is 143. The number of hydrogen-bond donors (Lipinski definition) is 0. The van der Waals surface area contributed by atoms with E-state index in [1.165, 1.54) is 12.1 Å². The zero-order valence-electron chi connectivity index (χ0n) is 12.2. The molecule has 0 unspecified atom stereocenters.